The normalized spacial score (nSPS) is 11.3. The summed E-state index contributed by atoms with van der Waals surface area (Å²) in [5, 5.41) is 16.7. The molecule has 0 saturated heterocycles. The van der Waals surface area contributed by atoms with E-state index in [1.165, 1.54) is 0 Å². The van der Waals surface area contributed by atoms with Gasteiger partial charge in [0.2, 0.25) is 0 Å². The van der Waals surface area contributed by atoms with Crippen molar-refractivity contribution < 1.29 is 19.8 Å². The van der Waals surface area contributed by atoms with Crippen LogP contribution >= 0.6 is 0 Å². The van der Waals surface area contributed by atoms with Crippen molar-refractivity contribution in [2.24, 2.45) is 5.92 Å². The number of carbonyl (C=O) groups is 2. The molecule has 0 aliphatic rings. The van der Waals surface area contributed by atoms with E-state index in [2.05, 4.69) is 13.8 Å². The summed E-state index contributed by atoms with van der Waals surface area (Å²) in [5.74, 6) is -1.44. The zero-order valence-electron chi connectivity index (χ0n) is 11.9. The van der Waals surface area contributed by atoms with Gasteiger partial charge in [0.15, 0.2) is 0 Å². The second-order valence-electron chi connectivity index (χ2n) is 4.44. The highest BCUT2D eigenvalue weighted by molar-refractivity contribution is 5.69. The third-order valence-electron chi connectivity index (χ3n) is 2.74. The molecular weight excluding hydrogens is 232 g/mol. The molecule has 0 bridgehead atoms. The Morgan fingerprint density at radius 3 is 1.83 bits per heavy atom. The summed E-state index contributed by atoms with van der Waals surface area (Å²) in [6.45, 7) is 6.06. The van der Waals surface area contributed by atoms with Crippen LogP contribution in [0.4, 0.5) is 0 Å². The van der Waals surface area contributed by atoms with E-state index in [-0.39, 0.29) is 5.92 Å². The van der Waals surface area contributed by atoms with Gasteiger partial charge in [0, 0.05) is 6.42 Å². The van der Waals surface area contributed by atoms with Crippen molar-refractivity contribution in [1.82, 2.24) is 0 Å². The molecular formula is C14H28O4. The smallest absolute Gasteiger partial charge is 0.306 e. The van der Waals surface area contributed by atoms with Crippen LogP contribution in [0, 0.1) is 5.92 Å². The fourth-order valence-electron chi connectivity index (χ4n) is 1.48. The minimum Gasteiger partial charge on any atom is -0.481 e. The van der Waals surface area contributed by atoms with Crippen LogP contribution in [-0.4, -0.2) is 22.2 Å². The van der Waals surface area contributed by atoms with E-state index in [9.17, 15) is 9.59 Å². The molecule has 18 heavy (non-hydrogen) atoms. The molecule has 108 valence electrons. The predicted octanol–water partition coefficient (Wildman–Crippen LogP) is 3.94. The highest BCUT2D eigenvalue weighted by Gasteiger charge is 2.12. The Balaban J connectivity index is 0. The average Bonchev–Trinajstić information content (AvgIpc) is 2.30. The van der Waals surface area contributed by atoms with E-state index in [1.54, 1.807) is 0 Å². The van der Waals surface area contributed by atoms with Crippen molar-refractivity contribution in [3.05, 3.63) is 0 Å². The van der Waals surface area contributed by atoms with Gasteiger partial charge in [-0.1, -0.05) is 46.5 Å². The maximum Gasteiger partial charge on any atom is 0.306 e. The van der Waals surface area contributed by atoms with Crippen LogP contribution in [0.25, 0.3) is 0 Å². The van der Waals surface area contributed by atoms with Gasteiger partial charge in [0.05, 0.1) is 5.92 Å². The summed E-state index contributed by atoms with van der Waals surface area (Å²) in [4.78, 5) is 20.3. The quantitative estimate of drug-likeness (QED) is 0.616. The Morgan fingerprint density at radius 1 is 0.944 bits per heavy atom. The molecule has 0 amide bonds. The fourth-order valence-corrected chi connectivity index (χ4v) is 1.48. The van der Waals surface area contributed by atoms with Crippen molar-refractivity contribution in [1.29, 1.82) is 0 Å². The number of aliphatic carboxylic acids is 2. The summed E-state index contributed by atoms with van der Waals surface area (Å²) in [7, 11) is 0. The molecule has 0 spiro atoms. The monoisotopic (exact) mass is 260 g/mol. The van der Waals surface area contributed by atoms with E-state index in [1.807, 2.05) is 6.92 Å². The molecule has 0 aromatic carbocycles. The van der Waals surface area contributed by atoms with Crippen LogP contribution in [0.15, 0.2) is 0 Å². The van der Waals surface area contributed by atoms with Crippen LogP contribution in [0.3, 0.4) is 0 Å². The highest BCUT2D eigenvalue weighted by Crippen LogP contribution is 2.11. The van der Waals surface area contributed by atoms with Gasteiger partial charge >= 0.3 is 11.9 Å². The molecule has 1 unspecified atom stereocenters. The third kappa shape index (κ3) is 14.9. The number of carboxylic acid groups (broad SMARTS) is 2. The van der Waals surface area contributed by atoms with Crippen molar-refractivity contribution in [3.63, 3.8) is 0 Å². The van der Waals surface area contributed by atoms with Crippen molar-refractivity contribution >= 4 is 11.9 Å². The maximum atomic E-state index is 10.4. The summed E-state index contributed by atoms with van der Waals surface area (Å²) < 4.78 is 0. The van der Waals surface area contributed by atoms with E-state index >= 15 is 0 Å². The van der Waals surface area contributed by atoms with Gasteiger partial charge in [-0.15, -0.1) is 0 Å². The maximum absolute atomic E-state index is 10.4. The van der Waals surface area contributed by atoms with Crippen LogP contribution in [0.5, 0.6) is 0 Å². The molecule has 0 rings (SSSR count). The van der Waals surface area contributed by atoms with Gasteiger partial charge in [-0.3, -0.25) is 9.59 Å². The van der Waals surface area contributed by atoms with E-state index in [4.69, 9.17) is 10.2 Å². The highest BCUT2D eigenvalue weighted by atomic mass is 16.4. The average molecular weight is 260 g/mol. The Hall–Kier alpha value is -1.06. The molecule has 4 nitrogen and oxygen atoms in total. The van der Waals surface area contributed by atoms with Crippen molar-refractivity contribution in [2.45, 2.75) is 72.1 Å². The zero-order valence-corrected chi connectivity index (χ0v) is 11.9. The molecule has 2 N–H and O–H groups in total. The molecule has 0 fully saturated rings. The zero-order chi connectivity index (χ0) is 14.4. The van der Waals surface area contributed by atoms with Gasteiger partial charge in [0.1, 0.15) is 0 Å². The summed E-state index contributed by atoms with van der Waals surface area (Å²) in [6, 6.07) is 0. The SMILES string of the molecule is CCCCC(CC)C(=O)O.CCCCCC(=O)O. The first-order valence-corrected chi connectivity index (χ1v) is 6.94. The number of hydrogen-bond acceptors (Lipinski definition) is 2. The topological polar surface area (TPSA) is 74.6 Å². The van der Waals surface area contributed by atoms with Gasteiger partial charge in [-0.25, -0.2) is 0 Å². The molecule has 0 heterocycles. The van der Waals surface area contributed by atoms with Crippen LogP contribution in [-0.2, 0) is 9.59 Å². The number of carboxylic acids is 2. The lowest BCUT2D eigenvalue weighted by atomic mass is 10.00. The molecule has 0 aliphatic carbocycles. The van der Waals surface area contributed by atoms with Gasteiger partial charge in [-0.05, 0) is 19.3 Å². The third-order valence-corrected chi connectivity index (χ3v) is 2.74. The van der Waals surface area contributed by atoms with Gasteiger partial charge < -0.3 is 10.2 Å². The second-order valence-corrected chi connectivity index (χ2v) is 4.44. The largest absolute Gasteiger partial charge is 0.481 e. The summed E-state index contributed by atoms with van der Waals surface area (Å²) >= 11 is 0. The van der Waals surface area contributed by atoms with Crippen LogP contribution in [0.2, 0.25) is 0 Å². The lowest BCUT2D eigenvalue weighted by Crippen LogP contribution is -2.11. The number of unbranched alkanes of at least 4 members (excludes halogenated alkanes) is 3. The summed E-state index contributed by atoms with van der Waals surface area (Å²) in [6.07, 6.45) is 6.99. The summed E-state index contributed by atoms with van der Waals surface area (Å²) in [5.41, 5.74) is 0. The molecule has 0 aromatic heterocycles. The first kappa shape index (κ1) is 19.3. The van der Waals surface area contributed by atoms with E-state index < -0.39 is 11.9 Å². The van der Waals surface area contributed by atoms with Gasteiger partial charge in [0.25, 0.3) is 0 Å². The van der Waals surface area contributed by atoms with Crippen LogP contribution < -0.4 is 0 Å². The molecule has 1 atom stereocenters. The standard InChI is InChI=1S/C8H16O2.C6H12O2/c1-3-5-6-7(4-2)8(9)10;1-2-3-4-5-6(7)8/h7H,3-6H2,1-2H3,(H,9,10);2-5H2,1H3,(H,7,8). The molecule has 4 heteroatoms. The van der Waals surface area contributed by atoms with Crippen molar-refractivity contribution in [3.8, 4) is 0 Å². The first-order chi connectivity index (χ1) is 8.49. The lowest BCUT2D eigenvalue weighted by molar-refractivity contribution is -0.142. The minimum absolute atomic E-state index is 0.111. The second kappa shape index (κ2) is 14.0. The van der Waals surface area contributed by atoms with Crippen LogP contribution in [0.1, 0.15) is 72.1 Å². The Bertz CT molecular complexity index is 214. The lowest BCUT2D eigenvalue weighted by Gasteiger charge is -2.06. The molecule has 0 aliphatic heterocycles. The minimum atomic E-state index is -0.682. The van der Waals surface area contributed by atoms with Gasteiger partial charge in [-0.2, -0.15) is 0 Å². The predicted molar refractivity (Wildman–Crippen MR) is 72.7 cm³/mol. The number of rotatable bonds is 9. The Morgan fingerprint density at radius 2 is 1.50 bits per heavy atom. The Kier molecular flexibility index (Phi) is 15.0. The van der Waals surface area contributed by atoms with E-state index in [0.29, 0.717) is 6.42 Å². The fraction of sp³-hybridized carbons (Fsp3) is 0.857. The number of hydrogen-bond donors (Lipinski definition) is 2. The molecule has 0 aromatic rings. The van der Waals surface area contributed by atoms with E-state index in [0.717, 1.165) is 44.9 Å². The molecule has 0 saturated carbocycles. The van der Waals surface area contributed by atoms with Crippen molar-refractivity contribution in [2.75, 3.05) is 0 Å². The Labute approximate surface area is 110 Å². The molecule has 0 radical (unpaired) electrons. The first-order valence-electron chi connectivity index (χ1n) is 6.94.